The number of nitrogen functional groups attached to an aromatic ring is 1. The molecular weight excluding hydrogens is 370 g/mol. The van der Waals surface area contributed by atoms with E-state index in [0.29, 0.717) is 23.8 Å². The first kappa shape index (κ1) is 17.8. The van der Waals surface area contributed by atoms with E-state index in [9.17, 15) is 0 Å². The van der Waals surface area contributed by atoms with E-state index in [1.807, 2.05) is 42.5 Å². The van der Waals surface area contributed by atoms with E-state index in [2.05, 4.69) is 21.4 Å². The van der Waals surface area contributed by atoms with Gasteiger partial charge in [0, 0.05) is 17.7 Å². The first-order valence-electron chi connectivity index (χ1n) is 8.61. The zero-order valence-electron chi connectivity index (χ0n) is 15.1. The summed E-state index contributed by atoms with van der Waals surface area (Å²) in [6.07, 6.45) is 0. The van der Waals surface area contributed by atoms with Crippen LogP contribution in [0.4, 0.5) is 10.8 Å². The number of fused-ring (bicyclic) bond motifs is 1. The largest absolute Gasteiger partial charge is 0.496 e. The SMILES string of the molecule is COc1ccccc1CNc1cc2c(N)nc(-c3cccc(C#N)c3)nc2s1. The van der Waals surface area contributed by atoms with Crippen molar-refractivity contribution in [2.75, 3.05) is 18.2 Å². The smallest absolute Gasteiger partial charge is 0.163 e. The summed E-state index contributed by atoms with van der Waals surface area (Å²) in [6.45, 7) is 0.626. The summed E-state index contributed by atoms with van der Waals surface area (Å²) in [5, 5.41) is 14.3. The molecule has 0 fully saturated rings. The van der Waals surface area contributed by atoms with Crippen LogP contribution in [0.2, 0.25) is 0 Å². The Morgan fingerprint density at radius 1 is 1.14 bits per heavy atom. The molecule has 0 aliphatic rings. The van der Waals surface area contributed by atoms with E-state index in [4.69, 9.17) is 15.7 Å². The van der Waals surface area contributed by atoms with Gasteiger partial charge in [0.05, 0.1) is 29.1 Å². The molecule has 0 aliphatic carbocycles. The Hall–Kier alpha value is -3.63. The third-order valence-corrected chi connectivity index (χ3v) is 5.30. The van der Waals surface area contributed by atoms with Crippen molar-refractivity contribution in [1.29, 1.82) is 5.26 Å². The van der Waals surface area contributed by atoms with Gasteiger partial charge in [-0.1, -0.05) is 41.7 Å². The van der Waals surface area contributed by atoms with Gasteiger partial charge in [-0.2, -0.15) is 5.26 Å². The summed E-state index contributed by atoms with van der Waals surface area (Å²) in [7, 11) is 1.66. The second-order valence-corrected chi connectivity index (χ2v) is 7.15. The quantitative estimate of drug-likeness (QED) is 0.526. The number of benzene rings is 2. The van der Waals surface area contributed by atoms with E-state index in [-0.39, 0.29) is 0 Å². The molecule has 28 heavy (non-hydrogen) atoms. The molecule has 0 aliphatic heterocycles. The van der Waals surface area contributed by atoms with Crippen molar-refractivity contribution in [3.63, 3.8) is 0 Å². The lowest BCUT2D eigenvalue weighted by atomic mass is 10.1. The highest BCUT2D eigenvalue weighted by atomic mass is 32.1. The monoisotopic (exact) mass is 387 g/mol. The van der Waals surface area contributed by atoms with E-state index in [0.717, 1.165) is 32.1 Å². The molecule has 3 N–H and O–H groups in total. The number of nitrogens with two attached hydrogens (primary N) is 1. The Morgan fingerprint density at radius 3 is 2.82 bits per heavy atom. The second-order valence-electron chi connectivity index (χ2n) is 6.12. The minimum absolute atomic E-state index is 0.420. The number of thiophene rings is 1. The van der Waals surface area contributed by atoms with Gasteiger partial charge < -0.3 is 15.8 Å². The highest BCUT2D eigenvalue weighted by Crippen LogP contribution is 2.33. The number of aromatic nitrogens is 2. The predicted molar refractivity (Wildman–Crippen MR) is 112 cm³/mol. The van der Waals surface area contributed by atoms with Gasteiger partial charge in [0.1, 0.15) is 16.4 Å². The third-order valence-electron chi connectivity index (χ3n) is 4.32. The van der Waals surface area contributed by atoms with Crippen molar-refractivity contribution in [2.24, 2.45) is 0 Å². The molecule has 0 unspecified atom stereocenters. The number of hydrogen-bond donors (Lipinski definition) is 2. The zero-order chi connectivity index (χ0) is 19.5. The van der Waals surface area contributed by atoms with E-state index in [1.165, 1.54) is 11.3 Å². The molecule has 0 spiro atoms. The van der Waals surface area contributed by atoms with E-state index in [1.54, 1.807) is 19.2 Å². The molecule has 0 amide bonds. The summed E-state index contributed by atoms with van der Waals surface area (Å²) >= 11 is 1.51. The molecule has 4 aromatic rings. The van der Waals surface area contributed by atoms with Crippen molar-refractivity contribution < 1.29 is 4.74 Å². The van der Waals surface area contributed by atoms with Crippen LogP contribution >= 0.6 is 11.3 Å². The lowest BCUT2D eigenvalue weighted by Crippen LogP contribution is -2.00. The fourth-order valence-electron chi connectivity index (χ4n) is 2.92. The van der Waals surface area contributed by atoms with Gasteiger partial charge in [-0.3, -0.25) is 0 Å². The van der Waals surface area contributed by atoms with Crippen molar-refractivity contribution in [1.82, 2.24) is 9.97 Å². The molecule has 6 nitrogen and oxygen atoms in total. The Kier molecular flexibility index (Phi) is 4.79. The van der Waals surface area contributed by atoms with Gasteiger partial charge in [0.2, 0.25) is 0 Å². The number of hydrogen-bond acceptors (Lipinski definition) is 7. The van der Waals surface area contributed by atoms with Crippen LogP contribution in [0.25, 0.3) is 21.6 Å². The number of methoxy groups -OCH3 is 1. The molecule has 2 heterocycles. The fourth-order valence-corrected chi connectivity index (χ4v) is 3.85. The highest BCUT2D eigenvalue weighted by Gasteiger charge is 2.12. The average molecular weight is 387 g/mol. The van der Waals surface area contributed by atoms with E-state index < -0.39 is 0 Å². The van der Waals surface area contributed by atoms with Crippen molar-refractivity contribution in [3.8, 4) is 23.2 Å². The van der Waals surface area contributed by atoms with Crippen LogP contribution in [-0.2, 0) is 6.54 Å². The maximum Gasteiger partial charge on any atom is 0.163 e. The minimum atomic E-state index is 0.420. The number of nitriles is 1. The molecule has 0 bridgehead atoms. The maximum atomic E-state index is 9.10. The Labute approximate surface area is 166 Å². The summed E-state index contributed by atoms with van der Waals surface area (Å²) in [5.41, 5.74) is 8.57. The first-order valence-corrected chi connectivity index (χ1v) is 9.43. The molecule has 0 atom stereocenters. The van der Waals surface area contributed by atoms with Crippen LogP contribution in [0.1, 0.15) is 11.1 Å². The topological polar surface area (TPSA) is 96.9 Å². The molecule has 138 valence electrons. The van der Waals surface area contributed by atoms with Crippen LogP contribution in [0.5, 0.6) is 5.75 Å². The van der Waals surface area contributed by atoms with Crippen LogP contribution < -0.4 is 15.8 Å². The summed E-state index contributed by atoms with van der Waals surface area (Å²) in [6, 6.07) is 19.2. The Morgan fingerprint density at radius 2 is 2.00 bits per heavy atom. The molecule has 7 heteroatoms. The number of para-hydroxylation sites is 1. The number of nitrogens with one attached hydrogen (secondary N) is 1. The Bertz CT molecular complexity index is 1200. The molecule has 0 saturated heterocycles. The lowest BCUT2D eigenvalue weighted by molar-refractivity contribution is 0.410. The standard InChI is InChI=1S/C21H17N5OS/c1-27-17-8-3-2-6-15(17)12-24-18-10-16-19(23)25-20(26-21(16)28-18)14-7-4-5-13(9-14)11-22/h2-10,24H,12H2,1H3,(H2,23,25,26). The van der Waals surface area contributed by atoms with Gasteiger partial charge in [0.15, 0.2) is 5.82 Å². The Balaban J connectivity index is 1.64. The number of anilines is 2. The lowest BCUT2D eigenvalue weighted by Gasteiger charge is -2.08. The van der Waals surface area contributed by atoms with Crippen LogP contribution in [0, 0.1) is 11.3 Å². The number of rotatable bonds is 5. The number of ether oxygens (including phenoxy) is 1. The van der Waals surface area contributed by atoms with Gasteiger partial charge in [0.25, 0.3) is 0 Å². The normalized spacial score (nSPS) is 10.6. The minimum Gasteiger partial charge on any atom is -0.496 e. The van der Waals surface area contributed by atoms with Crippen LogP contribution in [0.3, 0.4) is 0 Å². The van der Waals surface area contributed by atoms with Crippen molar-refractivity contribution in [2.45, 2.75) is 6.54 Å². The van der Waals surface area contributed by atoms with E-state index >= 15 is 0 Å². The number of nitrogens with zero attached hydrogens (tertiary/aromatic N) is 3. The molecule has 2 aromatic carbocycles. The van der Waals surface area contributed by atoms with Crippen LogP contribution in [-0.4, -0.2) is 17.1 Å². The van der Waals surface area contributed by atoms with Gasteiger partial charge in [-0.25, -0.2) is 9.97 Å². The first-order chi connectivity index (χ1) is 13.7. The second kappa shape index (κ2) is 7.55. The van der Waals surface area contributed by atoms with Crippen LogP contribution in [0.15, 0.2) is 54.6 Å². The maximum absolute atomic E-state index is 9.10. The average Bonchev–Trinajstić information content (AvgIpc) is 3.16. The predicted octanol–water partition coefficient (Wildman–Crippen LogP) is 4.43. The van der Waals surface area contributed by atoms with Gasteiger partial charge in [-0.15, -0.1) is 0 Å². The molecule has 0 radical (unpaired) electrons. The fraction of sp³-hybridized carbons (Fsp3) is 0.0952. The molecule has 4 rings (SSSR count). The summed E-state index contributed by atoms with van der Waals surface area (Å²) in [5.74, 6) is 1.78. The molecule has 2 aromatic heterocycles. The highest BCUT2D eigenvalue weighted by molar-refractivity contribution is 7.22. The summed E-state index contributed by atoms with van der Waals surface area (Å²) in [4.78, 5) is 9.87. The molecule has 0 saturated carbocycles. The molecular formula is C21H17N5OS. The van der Waals surface area contributed by atoms with Crippen molar-refractivity contribution in [3.05, 3.63) is 65.7 Å². The zero-order valence-corrected chi connectivity index (χ0v) is 16.0. The van der Waals surface area contributed by atoms with Gasteiger partial charge >= 0.3 is 0 Å². The van der Waals surface area contributed by atoms with Gasteiger partial charge in [-0.05, 0) is 24.3 Å². The third kappa shape index (κ3) is 3.46. The van der Waals surface area contributed by atoms with Crippen molar-refractivity contribution >= 4 is 32.4 Å². The summed E-state index contributed by atoms with van der Waals surface area (Å²) < 4.78 is 5.39.